The molecule has 12 heavy (non-hydrogen) atoms. The Kier molecular flexibility index (Phi) is 9.86. The summed E-state index contributed by atoms with van der Waals surface area (Å²) in [6.07, 6.45) is 0. The third-order valence-corrected chi connectivity index (χ3v) is 1.80. The summed E-state index contributed by atoms with van der Waals surface area (Å²) in [7, 11) is -3.13. The van der Waals surface area contributed by atoms with Crippen molar-refractivity contribution in [1.29, 1.82) is 0 Å². The van der Waals surface area contributed by atoms with Crippen LogP contribution in [0.25, 0.3) is 0 Å². The average molecular weight is 192 g/mol. The highest BCUT2D eigenvalue weighted by Crippen LogP contribution is 1.87. The molecule has 0 aromatic heterocycles. The summed E-state index contributed by atoms with van der Waals surface area (Å²) in [4.78, 5) is 0. The van der Waals surface area contributed by atoms with E-state index in [0.29, 0.717) is 0 Å². The molecule has 0 fully saturated rings. The van der Waals surface area contributed by atoms with Crippen molar-refractivity contribution in [2.24, 2.45) is 0 Å². The molecule has 3 nitrogen and oxygen atoms in total. The van der Waals surface area contributed by atoms with E-state index in [9.17, 15) is 8.42 Å². The van der Waals surface area contributed by atoms with Crippen LogP contribution in [0.15, 0.2) is 24.0 Å². The number of hydrogen-bond acceptors (Lipinski definition) is 3. The van der Waals surface area contributed by atoms with Crippen LogP contribution in [0.2, 0.25) is 0 Å². The van der Waals surface area contributed by atoms with Gasteiger partial charge in [-0.2, -0.15) is 0 Å². The van der Waals surface area contributed by atoms with Gasteiger partial charge in [0.15, 0.2) is 9.84 Å². The number of rotatable bonds is 4. The largest absolute Gasteiger partial charge is 0.382 e. The van der Waals surface area contributed by atoms with E-state index >= 15 is 0 Å². The molecule has 0 aromatic rings. The highest BCUT2D eigenvalue weighted by molar-refractivity contribution is 7.97. The van der Waals surface area contributed by atoms with Crippen LogP contribution in [0.4, 0.5) is 0 Å². The maximum absolute atomic E-state index is 10.1. The van der Waals surface area contributed by atoms with Gasteiger partial charge in [-0.15, -0.1) is 0 Å². The summed E-state index contributed by atoms with van der Waals surface area (Å²) in [5.41, 5.74) is 0. The Hall–Kier alpha value is -0.610. The zero-order valence-corrected chi connectivity index (χ0v) is 8.43. The van der Waals surface area contributed by atoms with Crippen molar-refractivity contribution in [1.82, 2.24) is 0 Å². The van der Waals surface area contributed by atoms with E-state index in [0.717, 1.165) is 24.0 Å². The van der Waals surface area contributed by atoms with Crippen LogP contribution in [0.5, 0.6) is 0 Å². The van der Waals surface area contributed by atoms with Crippen LogP contribution in [0.1, 0.15) is 13.8 Å². The second kappa shape index (κ2) is 8.49. The fourth-order valence-corrected chi connectivity index (χ4v) is 0.408. The van der Waals surface area contributed by atoms with Gasteiger partial charge in [0, 0.05) is 24.0 Å². The number of sulfone groups is 1. The molecule has 0 aromatic carbocycles. The minimum Gasteiger partial charge on any atom is -0.382 e. The lowest BCUT2D eigenvalue weighted by atomic mass is 10.8. The van der Waals surface area contributed by atoms with Crippen LogP contribution in [-0.4, -0.2) is 21.6 Å². The van der Waals surface area contributed by atoms with Crippen molar-refractivity contribution in [2.75, 3.05) is 13.2 Å². The van der Waals surface area contributed by atoms with Crippen LogP contribution in [0.3, 0.4) is 0 Å². The van der Waals surface area contributed by atoms with E-state index in [1.807, 2.05) is 13.8 Å². The maximum Gasteiger partial charge on any atom is 0.191 e. The van der Waals surface area contributed by atoms with Crippen molar-refractivity contribution >= 4 is 9.84 Å². The normalized spacial score (nSPS) is 9.50. The van der Waals surface area contributed by atoms with Crippen LogP contribution >= 0.6 is 0 Å². The molecule has 0 aliphatic heterocycles. The topological polar surface area (TPSA) is 43.4 Å². The predicted octanol–water partition coefficient (Wildman–Crippen LogP) is 1.73. The Morgan fingerprint density at radius 3 is 1.50 bits per heavy atom. The van der Waals surface area contributed by atoms with Gasteiger partial charge >= 0.3 is 0 Å². The lowest BCUT2D eigenvalue weighted by Gasteiger charge is -1.86. The lowest BCUT2D eigenvalue weighted by Crippen LogP contribution is -1.84. The van der Waals surface area contributed by atoms with Gasteiger partial charge in [0.2, 0.25) is 0 Å². The summed E-state index contributed by atoms with van der Waals surface area (Å²) in [6.45, 7) is 11.8. The van der Waals surface area contributed by atoms with E-state index in [-0.39, 0.29) is 0 Å². The first-order chi connectivity index (χ1) is 5.54. The fourth-order valence-electron chi connectivity index (χ4n) is 0.272. The van der Waals surface area contributed by atoms with E-state index in [1.165, 1.54) is 0 Å². The van der Waals surface area contributed by atoms with Crippen LogP contribution in [0, 0.1) is 0 Å². The Balaban J connectivity index is 0. The Morgan fingerprint density at radius 2 is 1.50 bits per heavy atom. The molecule has 0 rings (SSSR count). The van der Waals surface area contributed by atoms with Gasteiger partial charge in [0.25, 0.3) is 0 Å². The van der Waals surface area contributed by atoms with Gasteiger partial charge in [-0.25, -0.2) is 8.42 Å². The van der Waals surface area contributed by atoms with E-state index < -0.39 is 9.84 Å². The molecule has 0 heterocycles. The molecule has 72 valence electrons. The van der Waals surface area contributed by atoms with Crippen LogP contribution in [-0.2, 0) is 14.6 Å². The molecule has 0 saturated carbocycles. The molecule has 0 spiro atoms. The lowest BCUT2D eigenvalue weighted by molar-refractivity contribution is 0.162. The number of ether oxygens (including phenoxy) is 1. The summed E-state index contributed by atoms with van der Waals surface area (Å²) in [5, 5.41) is 1.69. The summed E-state index contributed by atoms with van der Waals surface area (Å²) >= 11 is 0. The molecule has 0 unspecified atom stereocenters. The van der Waals surface area contributed by atoms with E-state index in [4.69, 9.17) is 4.74 Å². The summed E-state index contributed by atoms with van der Waals surface area (Å²) in [5.74, 6) is 0. The Labute approximate surface area is 74.7 Å². The standard InChI is InChI=1S/C4H6O2S.C4H10O/c1-3-7(5,6)4-2;1-3-5-4-2/h3-4H,1-2H2;3-4H2,1-2H3. The minimum absolute atomic E-state index is 0.844. The molecule has 4 heteroatoms. The van der Waals surface area contributed by atoms with Gasteiger partial charge in [-0.05, 0) is 13.8 Å². The summed E-state index contributed by atoms with van der Waals surface area (Å²) in [6, 6.07) is 0. The first kappa shape index (κ1) is 13.9. The van der Waals surface area contributed by atoms with Gasteiger partial charge < -0.3 is 4.74 Å². The predicted molar refractivity (Wildman–Crippen MR) is 51.5 cm³/mol. The first-order valence-corrected chi connectivity index (χ1v) is 5.22. The Bertz CT molecular complexity index is 188. The molecular weight excluding hydrogens is 176 g/mol. The average Bonchev–Trinajstić information content (AvgIpc) is 2.07. The second-order valence-electron chi connectivity index (χ2n) is 1.70. The highest BCUT2D eigenvalue weighted by atomic mass is 32.2. The molecule has 0 saturated heterocycles. The van der Waals surface area contributed by atoms with Crippen LogP contribution < -0.4 is 0 Å². The van der Waals surface area contributed by atoms with Crippen molar-refractivity contribution in [3.8, 4) is 0 Å². The number of hydrogen-bond donors (Lipinski definition) is 0. The van der Waals surface area contributed by atoms with Crippen molar-refractivity contribution in [3.05, 3.63) is 24.0 Å². The van der Waals surface area contributed by atoms with Crippen molar-refractivity contribution in [3.63, 3.8) is 0 Å². The minimum atomic E-state index is -3.13. The smallest absolute Gasteiger partial charge is 0.191 e. The molecule has 0 N–H and O–H groups in total. The molecule has 0 atom stereocenters. The van der Waals surface area contributed by atoms with Gasteiger partial charge in [0.1, 0.15) is 0 Å². The van der Waals surface area contributed by atoms with Gasteiger partial charge in [0.05, 0.1) is 0 Å². The highest BCUT2D eigenvalue weighted by Gasteiger charge is 1.90. The fraction of sp³-hybridized carbons (Fsp3) is 0.500. The monoisotopic (exact) mass is 192 g/mol. The van der Waals surface area contributed by atoms with Crippen molar-refractivity contribution in [2.45, 2.75) is 13.8 Å². The third-order valence-electron chi connectivity index (χ3n) is 0.873. The molecule has 0 aliphatic carbocycles. The molecule has 0 aliphatic rings. The van der Waals surface area contributed by atoms with Crippen molar-refractivity contribution < 1.29 is 13.2 Å². The second-order valence-corrected chi connectivity index (χ2v) is 3.55. The van der Waals surface area contributed by atoms with E-state index in [1.54, 1.807) is 0 Å². The molecular formula is C8H16O3S. The summed E-state index contributed by atoms with van der Waals surface area (Å²) < 4.78 is 25.1. The molecule has 0 amide bonds. The quantitative estimate of drug-likeness (QED) is 0.681. The SMILES string of the molecule is C=CS(=O)(=O)C=C.CCOCC. The maximum atomic E-state index is 10.1. The van der Waals surface area contributed by atoms with E-state index in [2.05, 4.69) is 13.2 Å². The third kappa shape index (κ3) is 12.1. The molecule has 0 bridgehead atoms. The first-order valence-electron chi connectivity index (χ1n) is 3.61. The Morgan fingerprint density at radius 1 is 1.17 bits per heavy atom. The zero-order valence-electron chi connectivity index (χ0n) is 7.62. The van der Waals surface area contributed by atoms with Gasteiger partial charge in [-0.1, -0.05) is 13.2 Å². The molecule has 0 radical (unpaired) electrons. The van der Waals surface area contributed by atoms with Gasteiger partial charge in [-0.3, -0.25) is 0 Å². The zero-order chi connectivity index (χ0) is 10.0.